The van der Waals surface area contributed by atoms with E-state index in [1.54, 1.807) is 16.8 Å². The maximum atomic E-state index is 12.0. The molecule has 0 aliphatic rings. The fourth-order valence-electron chi connectivity index (χ4n) is 2.09. The minimum absolute atomic E-state index is 0.0624. The third kappa shape index (κ3) is 3.72. The molecule has 1 heterocycles. The molecule has 2 amide bonds. The smallest absolute Gasteiger partial charge is 0.269 e. The molecule has 2 rings (SSSR count). The Hall–Kier alpha value is -2.63. The van der Waals surface area contributed by atoms with Gasteiger partial charge in [-0.15, -0.1) is 0 Å². The maximum absolute atomic E-state index is 12.0. The predicted octanol–water partition coefficient (Wildman–Crippen LogP) is 1.58. The summed E-state index contributed by atoms with van der Waals surface area (Å²) in [7, 11) is 0. The zero-order chi connectivity index (χ0) is 16.3. The van der Waals surface area contributed by atoms with Gasteiger partial charge in [-0.1, -0.05) is 6.07 Å². The van der Waals surface area contributed by atoms with Gasteiger partial charge in [0, 0.05) is 11.3 Å². The Morgan fingerprint density at radius 3 is 2.36 bits per heavy atom. The van der Waals surface area contributed by atoms with Gasteiger partial charge in [0.05, 0.1) is 5.69 Å². The number of hydrogen-bond acceptors (Lipinski definition) is 3. The van der Waals surface area contributed by atoms with Gasteiger partial charge in [0.1, 0.15) is 6.54 Å². The molecule has 0 aliphatic carbocycles. The van der Waals surface area contributed by atoms with Crippen molar-refractivity contribution in [3.63, 3.8) is 0 Å². The number of aromatic nitrogens is 2. The molecule has 0 saturated heterocycles. The second kappa shape index (κ2) is 6.43. The van der Waals surface area contributed by atoms with E-state index in [2.05, 4.69) is 16.0 Å². The molecule has 0 aliphatic heterocycles. The molecule has 0 atom stereocenters. The van der Waals surface area contributed by atoms with Crippen LogP contribution >= 0.6 is 0 Å². The van der Waals surface area contributed by atoms with Gasteiger partial charge in [-0.2, -0.15) is 5.10 Å². The van der Waals surface area contributed by atoms with Gasteiger partial charge in [-0.25, -0.2) is 0 Å². The molecular weight excluding hydrogens is 280 g/mol. The van der Waals surface area contributed by atoms with Gasteiger partial charge in [-0.3, -0.25) is 25.1 Å². The molecule has 6 heteroatoms. The second-order valence-corrected chi connectivity index (χ2v) is 5.39. The van der Waals surface area contributed by atoms with E-state index in [0.29, 0.717) is 5.56 Å². The van der Waals surface area contributed by atoms with Gasteiger partial charge >= 0.3 is 0 Å². The lowest BCUT2D eigenvalue weighted by Crippen LogP contribution is -2.43. The van der Waals surface area contributed by atoms with Gasteiger partial charge in [-0.05, 0) is 57.0 Å². The number of hydrazine groups is 1. The topological polar surface area (TPSA) is 76.0 Å². The molecule has 0 saturated carbocycles. The molecule has 0 fully saturated rings. The Kier molecular flexibility index (Phi) is 4.60. The lowest BCUT2D eigenvalue weighted by molar-refractivity contribution is -0.122. The van der Waals surface area contributed by atoms with E-state index in [4.69, 9.17) is 0 Å². The van der Waals surface area contributed by atoms with Crippen LogP contribution in [0.1, 0.15) is 32.9 Å². The van der Waals surface area contributed by atoms with Crippen LogP contribution in [0.3, 0.4) is 0 Å². The first-order valence-corrected chi connectivity index (χ1v) is 7.04. The Balaban J connectivity index is 1.91. The first-order chi connectivity index (χ1) is 10.4. The average molecular weight is 300 g/mol. The molecule has 116 valence electrons. The lowest BCUT2D eigenvalue weighted by Gasteiger charge is -2.09. The van der Waals surface area contributed by atoms with Crippen molar-refractivity contribution in [2.75, 3.05) is 0 Å². The van der Waals surface area contributed by atoms with Crippen LogP contribution in [-0.4, -0.2) is 21.6 Å². The van der Waals surface area contributed by atoms with Crippen molar-refractivity contribution >= 4 is 11.8 Å². The Labute approximate surface area is 129 Å². The molecule has 2 N–H and O–H groups in total. The highest BCUT2D eigenvalue weighted by molar-refractivity contribution is 5.95. The molecule has 1 aromatic heterocycles. The Morgan fingerprint density at radius 1 is 1.05 bits per heavy atom. The van der Waals surface area contributed by atoms with Gasteiger partial charge in [0.15, 0.2) is 0 Å². The van der Waals surface area contributed by atoms with Crippen LogP contribution in [0.2, 0.25) is 0 Å². The minimum atomic E-state index is -0.343. The molecule has 0 spiro atoms. The third-order valence-electron chi connectivity index (χ3n) is 3.48. The summed E-state index contributed by atoms with van der Waals surface area (Å²) in [6.07, 6.45) is 0. The van der Waals surface area contributed by atoms with Crippen LogP contribution < -0.4 is 10.9 Å². The van der Waals surface area contributed by atoms with Crippen molar-refractivity contribution in [2.45, 2.75) is 34.2 Å². The summed E-state index contributed by atoms with van der Waals surface area (Å²) < 4.78 is 1.59. The van der Waals surface area contributed by atoms with E-state index in [-0.39, 0.29) is 18.4 Å². The lowest BCUT2D eigenvalue weighted by atomic mass is 10.1. The molecule has 6 nitrogen and oxygen atoms in total. The first kappa shape index (κ1) is 15.8. The van der Waals surface area contributed by atoms with Gasteiger partial charge < -0.3 is 0 Å². The number of nitrogens with one attached hydrogen (secondary N) is 2. The zero-order valence-electron chi connectivity index (χ0n) is 13.2. The molecule has 0 unspecified atom stereocenters. The van der Waals surface area contributed by atoms with E-state index in [1.807, 2.05) is 39.8 Å². The number of rotatable bonds is 3. The Morgan fingerprint density at radius 2 is 1.77 bits per heavy atom. The van der Waals surface area contributed by atoms with Crippen LogP contribution in [0.15, 0.2) is 24.3 Å². The summed E-state index contributed by atoms with van der Waals surface area (Å²) in [6, 6.07) is 7.28. The fraction of sp³-hybridized carbons (Fsp3) is 0.312. The van der Waals surface area contributed by atoms with Crippen molar-refractivity contribution in [1.29, 1.82) is 0 Å². The minimum Gasteiger partial charge on any atom is -0.271 e. The van der Waals surface area contributed by atoms with Gasteiger partial charge in [0.25, 0.3) is 11.8 Å². The number of carbonyl (C=O) groups excluding carboxylic acids is 2. The summed E-state index contributed by atoms with van der Waals surface area (Å²) in [5.41, 5.74) is 9.21. The van der Waals surface area contributed by atoms with Crippen molar-refractivity contribution in [3.05, 3.63) is 52.3 Å². The Bertz CT molecular complexity index is 719. The van der Waals surface area contributed by atoms with Crippen molar-refractivity contribution < 1.29 is 9.59 Å². The highest BCUT2D eigenvalue weighted by Gasteiger charge is 2.10. The largest absolute Gasteiger partial charge is 0.271 e. The van der Waals surface area contributed by atoms with Crippen LogP contribution in [0.25, 0.3) is 0 Å². The number of hydrogen-bond donors (Lipinski definition) is 2. The molecule has 1 aromatic carbocycles. The average Bonchev–Trinajstić information content (AvgIpc) is 2.77. The van der Waals surface area contributed by atoms with Gasteiger partial charge in [0.2, 0.25) is 0 Å². The standard InChI is InChI=1S/C16H20N4O2/c1-10-5-6-14(7-11(10)2)16(22)18-17-15(21)9-20-13(4)8-12(3)19-20/h5-8H,9H2,1-4H3,(H,17,21)(H,18,22). The van der Waals surface area contributed by atoms with E-state index < -0.39 is 0 Å². The number of nitrogens with zero attached hydrogens (tertiary/aromatic N) is 2. The number of aryl methyl sites for hydroxylation is 4. The van der Waals surface area contributed by atoms with Crippen LogP contribution in [-0.2, 0) is 11.3 Å². The highest BCUT2D eigenvalue weighted by Crippen LogP contribution is 2.09. The summed E-state index contributed by atoms with van der Waals surface area (Å²) in [5, 5.41) is 4.20. The number of benzene rings is 1. The predicted molar refractivity (Wildman–Crippen MR) is 83.2 cm³/mol. The number of carbonyl (C=O) groups is 2. The summed E-state index contributed by atoms with van der Waals surface area (Å²) in [6.45, 7) is 7.72. The van der Waals surface area contributed by atoms with Crippen LogP contribution in [0, 0.1) is 27.7 Å². The summed E-state index contributed by atoms with van der Waals surface area (Å²) >= 11 is 0. The molecule has 22 heavy (non-hydrogen) atoms. The number of amides is 2. The molecule has 0 bridgehead atoms. The third-order valence-corrected chi connectivity index (χ3v) is 3.48. The van der Waals surface area contributed by atoms with E-state index >= 15 is 0 Å². The normalized spacial score (nSPS) is 10.4. The van der Waals surface area contributed by atoms with Crippen molar-refractivity contribution in [1.82, 2.24) is 20.6 Å². The zero-order valence-corrected chi connectivity index (χ0v) is 13.2. The monoisotopic (exact) mass is 300 g/mol. The van der Waals surface area contributed by atoms with E-state index in [1.165, 1.54) is 0 Å². The summed E-state index contributed by atoms with van der Waals surface area (Å²) in [4.78, 5) is 23.8. The van der Waals surface area contributed by atoms with Crippen LogP contribution in [0.5, 0.6) is 0 Å². The van der Waals surface area contributed by atoms with Crippen molar-refractivity contribution in [3.8, 4) is 0 Å². The molecule has 2 aromatic rings. The van der Waals surface area contributed by atoms with E-state index in [0.717, 1.165) is 22.5 Å². The first-order valence-electron chi connectivity index (χ1n) is 7.04. The second-order valence-electron chi connectivity index (χ2n) is 5.39. The molecule has 0 radical (unpaired) electrons. The molecular formula is C16H20N4O2. The van der Waals surface area contributed by atoms with Crippen molar-refractivity contribution in [2.24, 2.45) is 0 Å². The quantitative estimate of drug-likeness (QED) is 0.845. The summed E-state index contributed by atoms with van der Waals surface area (Å²) in [5.74, 6) is -0.673. The maximum Gasteiger partial charge on any atom is 0.269 e. The van der Waals surface area contributed by atoms with Crippen LogP contribution in [0.4, 0.5) is 0 Å². The fourth-order valence-corrected chi connectivity index (χ4v) is 2.09. The highest BCUT2D eigenvalue weighted by atomic mass is 16.2. The van der Waals surface area contributed by atoms with E-state index in [9.17, 15) is 9.59 Å². The SMILES string of the molecule is Cc1cc(C)n(CC(=O)NNC(=O)c2ccc(C)c(C)c2)n1.